The van der Waals surface area contributed by atoms with Crippen LogP contribution in [-0.2, 0) is 17.4 Å². The molecule has 1 saturated carbocycles. The van der Waals surface area contributed by atoms with Crippen molar-refractivity contribution in [1.29, 1.82) is 0 Å². The van der Waals surface area contributed by atoms with Gasteiger partial charge in [-0.15, -0.1) is 5.10 Å². The Balaban J connectivity index is 1.23. The van der Waals surface area contributed by atoms with Gasteiger partial charge in [0.2, 0.25) is 0 Å². The third kappa shape index (κ3) is 5.39. The van der Waals surface area contributed by atoms with Crippen molar-refractivity contribution in [3.8, 4) is 22.7 Å². The van der Waals surface area contributed by atoms with E-state index in [0.29, 0.717) is 23.3 Å². The van der Waals surface area contributed by atoms with E-state index in [4.69, 9.17) is 9.41 Å². The molecule has 5 aromatic rings. The van der Waals surface area contributed by atoms with Gasteiger partial charge in [0.25, 0.3) is 5.89 Å². The number of benzene rings is 2. The minimum Gasteiger partial charge on any atom is -0.402 e. The van der Waals surface area contributed by atoms with Crippen molar-refractivity contribution < 1.29 is 22.4 Å². The second-order valence-electron chi connectivity index (χ2n) is 10.3. The topological polar surface area (TPSA) is 119 Å². The van der Waals surface area contributed by atoms with Crippen molar-refractivity contribution in [2.24, 2.45) is 4.99 Å². The summed E-state index contributed by atoms with van der Waals surface area (Å²) in [6.07, 6.45) is 0.0625. The molecule has 0 unspecified atom stereocenters. The number of anilines is 1. The predicted octanol–water partition coefficient (Wildman–Crippen LogP) is 5.89. The maximum atomic E-state index is 13.6. The zero-order chi connectivity index (χ0) is 29.6. The maximum absolute atomic E-state index is 13.6. The van der Waals surface area contributed by atoms with Gasteiger partial charge < -0.3 is 9.73 Å². The molecule has 9 nitrogen and oxygen atoms in total. The number of fused-ring (bicyclic) bond motifs is 1. The van der Waals surface area contributed by atoms with Gasteiger partial charge in [-0.3, -0.25) is 9.79 Å². The fourth-order valence-corrected chi connectivity index (χ4v) is 4.93. The first-order valence-corrected chi connectivity index (χ1v) is 13.6. The van der Waals surface area contributed by atoms with Gasteiger partial charge in [0, 0.05) is 53.2 Å². The van der Waals surface area contributed by atoms with Gasteiger partial charge in [0.1, 0.15) is 11.5 Å². The molecule has 0 amide bonds. The fraction of sp³-hybridized carbons (Fsp3) is 0.194. The van der Waals surface area contributed by atoms with Crippen LogP contribution in [0.4, 0.5) is 19.2 Å². The van der Waals surface area contributed by atoms with Crippen molar-refractivity contribution in [1.82, 2.24) is 25.1 Å². The number of hydrogen-bond donors (Lipinski definition) is 1. The first-order chi connectivity index (χ1) is 20.8. The van der Waals surface area contributed by atoms with Crippen LogP contribution in [0.15, 0.2) is 88.7 Å². The lowest BCUT2D eigenvalue weighted by Gasteiger charge is -2.12. The van der Waals surface area contributed by atoms with E-state index in [1.54, 1.807) is 0 Å². The molecule has 0 radical (unpaired) electrons. The van der Waals surface area contributed by atoms with Crippen LogP contribution in [-0.4, -0.2) is 42.8 Å². The Morgan fingerprint density at radius 3 is 2.33 bits per heavy atom. The molecule has 214 valence electrons. The summed E-state index contributed by atoms with van der Waals surface area (Å²) in [5.74, 6) is 0.566. The van der Waals surface area contributed by atoms with Crippen LogP contribution in [0.1, 0.15) is 46.8 Å². The van der Waals surface area contributed by atoms with E-state index < -0.39 is 17.9 Å². The van der Waals surface area contributed by atoms with Crippen molar-refractivity contribution in [2.75, 3.05) is 5.32 Å². The molecule has 3 aromatic heterocycles. The first kappa shape index (κ1) is 26.6. The lowest BCUT2D eigenvalue weighted by molar-refractivity contribution is -0.137. The molecule has 1 atom stereocenters. The summed E-state index contributed by atoms with van der Waals surface area (Å²) in [5, 5.41) is 10.9. The summed E-state index contributed by atoms with van der Waals surface area (Å²) in [7, 11) is 0. The zero-order valence-corrected chi connectivity index (χ0v) is 22.4. The molecule has 2 aliphatic rings. The van der Waals surface area contributed by atoms with Gasteiger partial charge in [0.15, 0.2) is 11.9 Å². The van der Waals surface area contributed by atoms with Crippen molar-refractivity contribution in [2.45, 2.75) is 37.5 Å². The highest BCUT2D eigenvalue weighted by Crippen LogP contribution is 2.39. The monoisotopic (exact) mass is 581 g/mol. The van der Waals surface area contributed by atoms with Gasteiger partial charge in [-0.2, -0.15) is 13.2 Å². The lowest BCUT2D eigenvalue weighted by Crippen LogP contribution is -2.29. The number of hydrogen-bond acceptors (Lipinski definition) is 9. The molecule has 12 heteroatoms. The Morgan fingerprint density at radius 2 is 1.58 bits per heavy atom. The molecule has 4 heterocycles. The van der Waals surface area contributed by atoms with E-state index in [1.165, 1.54) is 12.4 Å². The quantitative estimate of drug-likeness (QED) is 0.264. The van der Waals surface area contributed by atoms with Crippen molar-refractivity contribution in [3.63, 3.8) is 0 Å². The molecule has 1 aliphatic carbocycles. The van der Waals surface area contributed by atoms with Crippen LogP contribution in [0.2, 0.25) is 0 Å². The number of aliphatic imine (C=N–C) groups is 1. The molecule has 1 fully saturated rings. The summed E-state index contributed by atoms with van der Waals surface area (Å²) < 4.78 is 46.6. The van der Waals surface area contributed by atoms with Crippen molar-refractivity contribution >= 4 is 17.5 Å². The van der Waals surface area contributed by atoms with Gasteiger partial charge >= 0.3 is 12.2 Å². The molecule has 1 N–H and O–H groups in total. The van der Waals surface area contributed by atoms with Crippen LogP contribution >= 0.6 is 0 Å². The molecule has 43 heavy (non-hydrogen) atoms. The second-order valence-corrected chi connectivity index (χ2v) is 10.3. The molecule has 0 saturated heterocycles. The van der Waals surface area contributed by atoms with Crippen LogP contribution in [0.3, 0.4) is 0 Å². The third-order valence-corrected chi connectivity index (χ3v) is 7.28. The zero-order valence-electron chi connectivity index (χ0n) is 22.4. The molecule has 0 spiro atoms. The van der Waals surface area contributed by atoms with Gasteiger partial charge in [-0.1, -0.05) is 59.7 Å². The minimum absolute atomic E-state index is 0.0180. The van der Waals surface area contributed by atoms with Crippen molar-refractivity contribution in [3.05, 3.63) is 107 Å². The van der Waals surface area contributed by atoms with Gasteiger partial charge in [-0.05, 0) is 24.5 Å². The summed E-state index contributed by atoms with van der Waals surface area (Å²) in [5.41, 5.74) is 2.60. The van der Waals surface area contributed by atoms with Crippen LogP contribution in [0.5, 0.6) is 0 Å². The number of carbonyl (C=O) groups is 1. The second kappa shape index (κ2) is 10.5. The molecular weight excluding hydrogens is 559 g/mol. The van der Waals surface area contributed by atoms with E-state index in [9.17, 15) is 18.0 Å². The standard InChI is InChI=1S/C31H22F3N7O2/c32-31(33,34)21-13-23(20-14-36-27(37-15-20)18-10-11-18)26(35-16-21)29-40-41-30(43-29)39-28-24(42)12-19-8-4-5-9-22(19)25(38-28)17-6-2-1-3-7-17/h1-9,13-16,18,28H,10-12H2,(H,39,41)/t28-/m1/s1. The first-order valence-electron chi connectivity index (χ1n) is 13.6. The number of rotatable bonds is 6. The Labute approximate surface area is 243 Å². The SMILES string of the molecule is O=C1Cc2ccccc2C(c2ccccc2)=N[C@@H]1Nc1nnc(-c2ncc(C(F)(F)F)cc2-c2cnc(C3CC3)nc2)o1. The summed E-state index contributed by atoms with van der Waals surface area (Å²) >= 11 is 0. The van der Waals surface area contributed by atoms with Crippen LogP contribution in [0, 0.1) is 0 Å². The third-order valence-electron chi connectivity index (χ3n) is 7.28. The average Bonchev–Trinajstić information content (AvgIpc) is 3.79. The molecule has 7 rings (SSSR count). The molecule has 2 aromatic carbocycles. The van der Waals surface area contributed by atoms with Gasteiger partial charge in [0.05, 0.1) is 11.3 Å². The number of carbonyl (C=O) groups excluding carboxylic acids is 1. The Hall–Kier alpha value is -5.26. The fourth-order valence-electron chi connectivity index (χ4n) is 4.93. The molecule has 0 bridgehead atoms. The number of nitrogens with zero attached hydrogens (tertiary/aromatic N) is 6. The number of nitrogens with one attached hydrogen (secondary N) is 1. The largest absolute Gasteiger partial charge is 0.417 e. The Kier molecular flexibility index (Phi) is 6.52. The minimum atomic E-state index is -4.62. The normalized spacial score (nSPS) is 16.8. The highest BCUT2D eigenvalue weighted by Gasteiger charge is 2.33. The van der Waals surface area contributed by atoms with Gasteiger partial charge in [-0.25, -0.2) is 15.0 Å². The molecular formula is C31H22F3N7O2. The van der Waals surface area contributed by atoms with E-state index in [0.717, 1.165) is 35.6 Å². The number of pyridine rings is 1. The van der Waals surface area contributed by atoms with E-state index >= 15 is 0 Å². The smallest absolute Gasteiger partial charge is 0.402 e. The van der Waals surface area contributed by atoms with E-state index in [-0.39, 0.29) is 41.3 Å². The number of Topliss-reactive ketones (excluding diaryl/α,β-unsaturated/α-hetero) is 1. The Morgan fingerprint density at radius 1 is 0.837 bits per heavy atom. The maximum Gasteiger partial charge on any atom is 0.417 e. The lowest BCUT2D eigenvalue weighted by atomic mass is 9.96. The summed E-state index contributed by atoms with van der Waals surface area (Å²) in [6.45, 7) is 0. The predicted molar refractivity (Wildman–Crippen MR) is 150 cm³/mol. The highest BCUT2D eigenvalue weighted by molar-refractivity contribution is 6.16. The van der Waals surface area contributed by atoms with E-state index in [1.807, 2.05) is 54.6 Å². The number of ketones is 1. The average molecular weight is 582 g/mol. The Bertz CT molecular complexity index is 1850. The number of alkyl halides is 3. The number of halogens is 3. The summed E-state index contributed by atoms with van der Waals surface area (Å²) in [6, 6.07) is 17.9. The van der Waals surface area contributed by atoms with E-state index in [2.05, 4.69) is 30.5 Å². The highest BCUT2D eigenvalue weighted by atomic mass is 19.4. The molecule has 1 aliphatic heterocycles. The number of aromatic nitrogens is 5. The summed E-state index contributed by atoms with van der Waals surface area (Å²) in [4.78, 5) is 30.8. The van der Waals surface area contributed by atoms with Crippen LogP contribution in [0.25, 0.3) is 22.7 Å². The van der Waals surface area contributed by atoms with Crippen LogP contribution < -0.4 is 5.32 Å².